The standard InChI is InChI=1S/C10H16.C2H6/c1-4-6-7-9-10(3)8-5-2;1-2/h4,6-7,9H,1,5,8H2,2-3H3;1-2H3/b7-6-,10-9+;. The molecule has 0 bridgehead atoms. The predicted molar refractivity (Wildman–Crippen MR) is 59.4 cm³/mol. The fraction of sp³-hybridized carbons (Fsp3) is 0.500. The molecule has 0 unspecified atom stereocenters. The van der Waals surface area contributed by atoms with Crippen LogP contribution in [0.15, 0.2) is 36.5 Å². The van der Waals surface area contributed by atoms with Crippen molar-refractivity contribution in [3.63, 3.8) is 0 Å². The van der Waals surface area contributed by atoms with Crippen molar-refractivity contribution in [3.8, 4) is 0 Å². The molecule has 0 amide bonds. The Balaban J connectivity index is 0. The summed E-state index contributed by atoms with van der Waals surface area (Å²) in [5.74, 6) is 0. The van der Waals surface area contributed by atoms with Gasteiger partial charge in [0.25, 0.3) is 0 Å². The molecule has 0 N–H and O–H groups in total. The number of allylic oxidation sites excluding steroid dienone is 5. The Morgan fingerprint density at radius 1 is 1.25 bits per heavy atom. The van der Waals surface area contributed by atoms with Crippen molar-refractivity contribution in [2.75, 3.05) is 0 Å². The largest absolute Gasteiger partial charge is 0.0991 e. The Bertz CT molecular complexity index is 138. The molecule has 0 heteroatoms. The van der Waals surface area contributed by atoms with Gasteiger partial charge in [-0.1, -0.05) is 63.6 Å². The van der Waals surface area contributed by atoms with Gasteiger partial charge < -0.3 is 0 Å². The summed E-state index contributed by atoms with van der Waals surface area (Å²) in [5, 5.41) is 0. The molecule has 0 nitrogen and oxygen atoms in total. The molecule has 70 valence electrons. The maximum atomic E-state index is 3.59. The first-order valence-corrected chi connectivity index (χ1v) is 4.76. The van der Waals surface area contributed by atoms with Crippen molar-refractivity contribution >= 4 is 0 Å². The number of rotatable bonds is 4. The van der Waals surface area contributed by atoms with Crippen molar-refractivity contribution < 1.29 is 0 Å². The van der Waals surface area contributed by atoms with Gasteiger partial charge in [0.15, 0.2) is 0 Å². The molecule has 0 aromatic rings. The highest BCUT2D eigenvalue weighted by molar-refractivity contribution is 5.13. The summed E-state index contributed by atoms with van der Waals surface area (Å²) in [6.45, 7) is 11.9. The Labute approximate surface area is 77.7 Å². The van der Waals surface area contributed by atoms with Gasteiger partial charge >= 0.3 is 0 Å². The lowest BCUT2D eigenvalue weighted by molar-refractivity contribution is 0.906. The molecule has 0 radical (unpaired) electrons. The molecule has 12 heavy (non-hydrogen) atoms. The van der Waals surface area contributed by atoms with E-state index in [4.69, 9.17) is 0 Å². The molecule has 0 rings (SSSR count). The lowest BCUT2D eigenvalue weighted by Gasteiger charge is -1.92. The SMILES string of the molecule is C=C/C=C\C=C(/C)CCC.CC. The summed E-state index contributed by atoms with van der Waals surface area (Å²) in [6, 6.07) is 0. The molecule has 0 saturated carbocycles. The third kappa shape index (κ3) is 12.0. The van der Waals surface area contributed by atoms with E-state index in [0.29, 0.717) is 0 Å². The van der Waals surface area contributed by atoms with Crippen LogP contribution in [0.4, 0.5) is 0 Å². The van der Waals surface area contributed by atoms with E-state index in [-0.39, 0.29) is 0 Å². The van der Waals surface area contributed by atoms with E-state index >= 15 is 0 Å². The van der Waals surface area contributed by atoms with Gasteiger partial charge in [0.05, 0.1) is 0 Å². The molecule has 0 fully saturated rings. The zero-order chi connectivity index (χ0) is 9.82. The minimum Gasteiger partial charge on any atom is -0.0991 e. The van der Waals surface area contributed by atoms with Gasteiger partial charge in [-0.15, -0.1) is 0 Å². The Hall–Kier alpha value is -0.780. The van der Waals surface area contributed by atoms with E-state index in [9.17, 15) is 0 Å². The zero-order valence-corrected chi connectivity index (χ0v) is 8.93. The summed E-state index contributed by atoms with van der Waals surface area (Å²) < 4.78 is 0. The van der Waals surface area contributed by atoms with Crippen molar-refractivity contribution in [1.29, 1.82) is 0 Å². The van der Waals surface area contributed by atoms with Crippen LogP contribution in [0, 0.1) is 0 Å². The molecule has 0 aromatic carbocycles. The second-order valence-electron chi connectivity index (χ2n) is 2.38. The van der Waals surface area contributed by atoms with E-state index in [0.717, 1.165) is 0 Å². The molecule has 0 heterocycles. The van der Waals surface area contributed by atoms with E-state index in [2.05, 4.69) is 26.5 Å². The third-order valence-corrected chi connectivity index (χ3v) is 1.27. The highest BCUT2D eigenvalue weighted by atomic mass is 13.9. The van der Waals surface area contributed by atoms with Gasteiger partial charge in [-0.25, -0.2) is 0 Å². The van der Waals surface area contributed by atoms with Crippen LogP contribution >= 0.6 is 0 Å². The molecule has 0 aliphatic carbocycles. The van der Waals surface area contributed by atoms with E-state index in [1.807, 2.05) is 26.0 Å². The molecule has 0 aliphatic rings. The van der Waals surface area contributed by atoms with Crippen LogP contribution in [0.5, 0.6) is 0 Å². The highest BCUT2D eigenvalue weighted by Crippen LogP contribution is 2.02. The van der Waals surface area contributed by atoms with Gasteiger partial charge in [-0.3, -0.25) is 0 Å². The summed E-state index contributed by atoms with van der Waals surface area (Å²) in [5.41, 5.74) is 1.43. The topological polar surface area (TPSA) is 0 Å². The maximum absolute atomic E-state index is 3.59. The summed E-state index contributed by atoms with van der Waals surface area (Å²) in [4.78, 5) is 0. The quantitative estimate of drug-likeness (QED) is 0.539. The summed E-state index contributed by atoms with van der Waals surface area (Å²) in [6.07, 6.45) is 10.3. The maximum Gasteiger partial charge on any atom is -0.0323 e. The molecular formula is C12H22. The Morgan fingerprint density at radius 2 is 1.83 bits per heavy atom. The van der Waals surface area contributed by atoms with Crippen LogP contribution < -0.4 is 0 Å². The first-order chi connectivity index (χ1) is 5.81. The monoisotopic (exact) mass is 166 g/mol. The number of hydrogen-bond acceptors (Lipinski definition) is 0. The van der Waals surface area contributed by atoms with Crippen molar-refractivity contribution in [2.45, 2.75) is 40.5 Å². The Morgan fingerprint density at radius 3 is 2.25 bits per heavy atom. The number of hydrogen-bond donors (Lipinski definition) is 0. The zero-order valence-electron chi connectivity index (χ0n) is 8.93. The summed E-state index contributed by atoms with van der Waals surface area (Å²) >= 11 is 0. The average Bonchev–Trinajstić information content (AvgIpc) is 2.09. The fourth-order valence-corrected chi connectivity index (χ4v) is 0.776. The first kappa shape index (κ1) is 13.8. The molecule has 0 aromatic heterocycles. The first-order valence-electron chi connectivity index (χ1n) is 4.76. The fourth-order valence-electron chi connectivity index (χ4n) is 0.776. The van der Waals surface area contributed by atoms with E-state index in [1.165, 1.54) is 18.4 Å². The molecule has 0 atom stereocenters. The van der Waals surface area contributed by atoms with Crippen LogP contribution in [0.2, 0.25) is 0 Å². The minimum absolute atomic E-state index is 1.20. The summed E-state index contributed by atoms with van der Waals surface area (Å²) in [7, 11) is 0. The van der Waals surface area contributed by atoms with Crippen LogP contribution in [0.25, 0.3) is 0 Å². The lowest BCUT2D eigenvalue weighted by Crippen LogP contribution is -1.71. The van der Waals surface area contributed by atoms with Gasteiger partial charge in [0, 0.05) is 0 Å². The van der Waals surface area contributed by atoms with E-state index < -0.39 is 0 Å². The van der Waals surface area contributed by atoms with Crippen molar-refractivity contribution in [1.82, 2.24) is 0 Å². The molecule has 0 saturated heterocycles. The van der Waals surface area contributed by atoms with Crippen LogP contribution in [-0.2, 0) is 0 Å². The second kappa shape index (κ2) is 12.9. The second-order valence-corrected chi connectivity index (χ2v) is 2.38. The lowest BCUT2D eigenvalue weighted by atomic mass is 10.1. The molecule has 0 spiro atoms. The van der Waals surface area contributed by atoms with Crippen LogP contribution in [-0.4, -0.2) is 0 Å². The minimum atomic E-state index is 1.20. The van der Waals surface area contributed by atoms with E-state index in [1.54, 1.807) is 6.08 Å². The van der Waals surface area contributed by atoms with Gasteiger partial charge in [-0.2, -0.15) is 0 Å². The normalized spacial score (nSPS) is 10.8. The van der Waals surface area contributed by atoms with Crippen LogP contribution in [0.1, 0.15) is 40.5 Å². The van der Waals surface area contributed by atoms with Gasteiger partial charge in [0.1, 0.15) is 0 Å². The van der Waals surface area contributed by atoms with Gasteiger partial charge in [-0.05, 0) is 13.3 Å². The van der Waals surface area contributed by atoms with Gasteiger partial charge in [0.2, 0.25) is 0 Å². The average molecular weight is 166 g/mol. The van der Waals surface area contributed by atoms with Crippen molar-refractivity contribution in [2.24, 2.45) is 0 Å². The molecule has 0 aliphatic heterocycles. The smallest absolute Gasteiger partial charge is 0.0323 e. The third-order valence-electron chi connectivity index (χ3n) is 1.27. The highest BCUT2D eigenvalue weighted by Gasteiger charge is 1.81. The molecular weight excluding hydrogens is 144 g/mol. The van der Waals surface area contributed by atoms with Crippen molar-refractivity contribution in [3.05, 3.63) is 36.5 Å². The predicted octanol–water partition coefficient (Wildman–Crippen LogP) is 4.50. The Kier molecular flexibility index (Phi) is 14.8. The van der Waals surface area contributed by atoms with Crippen LogP contribution in [0.3, 0.4) is 0 Å².